The van der Waals surface area contributed by atoms with Gasteiger partial charge in [0.1, 0.15) is 5.60 Å². The summed E-state index contributed by atoms with van der Waals surface area (Å²) in [6, 6.07) is 3.24. The van der Waals surface area contributed by atoms with Crippen LogP contribution in [0.15, 0.2) is 18.2 Å². The minimum absolute atomic E-state index is 0.468. The standard InChI is InChI=1S/C18H19F3N2O6/c1-17(2,3)29-16(25)13(15(24)28-4)7-10(9-22)12-8-11(18(19,20)21)5-6-14(12)23(26)27/h5-6,8,10,13H,7H2,1-4H3. The monoisotopic (exact) mass is 416 g/mol. The summed E-state index contributed by atoms with van der Waals surface area (Å²) >= 11 is 0. The fraction of sp³-hybridized carbons (Fsp3) is 0.500. The van der Waals surface area contributed by atoms with Crippen molar-refractivity contribution in [2.24, 2.45) is 5.92 Å². The fourth-order valence-electron chi connectivity index (χ4n) is 2.46. The summed E-state index contributed by atoms with van der Waals surface area (Å²) in [6.45, 7) is 4.58. The lowest BCUT2D eigenvalue weighted by atomic mass is 9.87. The van der Waals surface area contributed by atoms with Crippen molar-refractivity contribution in [3.8, 4) is 6.07 Å². The second-order valence-corrected chi connectivity index (χ2v) is 7.06. The number of nitro benzene ring substituents is 1. The van der Waals surface area contributed by atoms with Crippen molar-refractivity contribution in [3.63, 3.8) is 0 Å². The Morgan fingerprint density at radius 3 is 2.24 bits per heavy atom. The molecule has 2 atom stereocenters. The lowest BCUT2D eigenvalue weighted by Gasteiger charge is -2.24. The van der Waals surface area contributed by atoms with Crippen LogP contribution in [-0.2, 0) is 25.2 Å². The van der Waals surface area contributed by atoms with Crippen molar-refractivity contribution >= 4 is 17.6 Å². The maximum absolute atomic E-state index is 13.0. The molecule has 0 aromatic heterocycles. The van der Waals surface area contributed by atoms with Crippen molar-refractivity contribution in [2.75, 3.05) is 7.11 Å². The Balaban J connectivity index is 3.42. The van der Waals surface area contributed by atoms with Gasteiger partial charge in [0.25, 0.3) is 5.69 Å². The molecule has 0 aliphatic rings. The van der Waals surface area contributed by atoms with Gasteiger partial charge < -0.3 is 9.47 Å². The Labute approximate surface area is 164 Å². The average molecular weight is 416 g/mol. The molecule has 11 heteroatoms. The first kappa shape index (κ1) is 23.9. The summed E-state index contributed by atoms with van der Waals surface area (Å²) in [5.41, 5.74) is -3.50. The van der Waals surface area contributed by atoms with Crippen molar-refractivity contribution in [2.45, 2.75) is 44.9 Å². The minimum atomic E-state index is -4.81. The number of benzene rings is 1. The first-order chi connectivity index (χ1) is 13.2. The second-order valence-electron chi connectivity index (χ2n) is 7.06. The summed E-state index contributed by atoms with van der Waals surface area (Å²) < 4.78 is 48.7. The van der Waals surface area contributed by atoms with E-state index in [-0.39, 0.29) is 0 Å². The van der Waals surface area contributed by atoms with Gasteiger partial charge in [-0.2, -0.15) is 18.4 Å². The third-order valence-electron chi connectivity index (χ3n) is 3.73. The number of hydrogen-bond acceptors (Lipinski definition) is 7. The van der Waals surface area contributed by atoms with E-state index >= 15 is 0 Å². The van der Waals surface area contributed by atoms with Gasteiger partial charge in [0.15, 0.2) is 5.92 Å². The number of hydrogen-bond donors (Lipinski definition) is 0. The highest BCUT2D eigenvalue weighted by Gasteiger charge is 2.38. The summed E-state index contributed by atoms with van der Waals surface area (Å²) in [7, 11) is 0.980. The number of nitro groups is 1. The molecule has 0 saturated carbocycles. The van der Waals surface area contributed by atoms with E-state index in [1.165, 1.54) is 20.8 Å². The maximum Gasteiger partial charge on any atom is 0.416 e. The van der Waals surface area contributed by atoms with E-state index in [1.807, 2.05) is 0 Å². The Bertz CT molecular complexity index is 839. The number of carbonyl (C=O) groups excluding carboxylic acids is 2. The molecule has 1 aromatic rings. The van der Waals surface area contributed by atoms with Crippen LogP contribution >= 0.6 is 0 Å². The average Bonchev–Trinajstić information content (AvgIpc) is 2.59. The molecule has 0 radical (unpaired) electrons. The van der Waals surface area contributed by atoms with Gasteiger partial charge in [0, 0.05) is 11.6 Å². The molecular formula is C18H19F3N2O6. The van der Waals surface area contributed by atoms with Crippen molar-refractivity contribution in [3.05, 3.63) is 39.4 Å². The lowest BCUT2D eigenvalue weighted by Crippen LogP contribution is -2.34. The maximum atomic E-state index is 13.0. The van der Waals surface area contributed by atoms with Crippen LogP contribution in [0.2, 0.25) is 0 Å². The highest BCUT2D eigenvalue weighted by Crippen LogP contribution is 2.37. The van der Waals surface area contributed by atoms with Gasteiger partial charge in [-0.3, -0.25) is 19.7 Å². The van der Waals surface area contributed by atoms with E-state index in [9.17, 15) is 38.1 Å². The zero-order valence-corrected chi connectivity index (χ0v) is 16.1. The zero-order valence-electron chi connectivity index (χ0n) is 16.1. The molecule has 0 amide bonds. The van der Waals surface area contributed by atoms with Crippen molar-refractivity contribution < 1.29 is 37.2 Å². The van der Waals surface area contributed by atoms with Crippen LogP contribution in [-0.4, -0.2) is 29.6 Å². The molecule has 0 N–H and O–H groups in total. The first-order valence-corrected chi connectivity index (χ1v) is 8.27. The minimum Gasteiger partial charge on any atom is -0.468 e. The van der Waals surface area contributed by atoms with Gasteiger partial charge in [-0.1, -0.05) is 0 Å². The molecule has 0 heterocycles. The fourth-order valence-corrected chi connectivity index (χ4v) is 2.46. The van der Waals surface area contributed by atoms with Crippen LogP contribution in [0.3, 0.4) is 0 Å². The predicted molar refractivity (Wildman–Crippen MR) is 92.4 cm³/mol. The summed E-state index contributed by atoms with van der Waals surface area (Å²) in [4.78, 5) is 34.6. The van der Waals surface area contributed by atoms with E-state index in [0.29, 0.717) is 18.2 Å². The smallest absolute Gasteiger partial charge is 0.416 e. The highest BCUT2D eigenvalue weighted by molar-refractivity contribution is 5.95. The molecule has 0 bridgehead atoms. The quantitative estimate of drug-likeness (QED) is 0.300. The van der Waals surface area contributed by atoms with Gasteiger partial charge in [0.2, 0.25) is 0 Å². The molecular weight excluding hydrogens is 397 g/mol. The van der Waals surface area contributed by atoms with Crippen LogP contribution in [0, 0.1) is 27.4 Å². The first-order valence-electron chi connectivity index (χ1n) is 8.27. The number of nitriles is 1. The number of rotatable bonds is 6. The number of ether oxygens (including phenoxy) is 2. The van der Waals surface area contributed by atoms with E-state index < -0.39 is 63.7 Å². The molecule has 0 aliphatic carbocycles. The number of nitrogens with zero attached hydrogens (tertiary/aromatic N) is 2. The molecule has 0 saturated heterocycles. The SMILES string of the molecule is COC(=O)C(CC(C#N)c1cc(C(F)(F)F)ccc1[N+](=O)[O-])C(=O)OC(C)(C)C. The molecule has 1 rings (SSSR count). The number of carbonyl (C=O) groups is 2. The topological polar surface area (TPSA) is 120 Å². The molecule has 1 aromatic carbocycles. The van der Waals surface area contributed by atoms with Crippen molar-refractivity contribution in [1.29, 1.82) is 5.26 Å². The summed E-state index contributed by atoms with van der Waals surface area (Å²) in [5, 5.41) is 20.7. The van der Waals surface area contributed by atoms with Crippen molar-refractivity contribution in [1.82, 2.24) is 0 Å². The predicted octanol–water partition coefficient (Wildman–Crippen LogP) is 3.74. The number of halogens is 3. The largest absolute Gasteiger partial charge is 0.468 e. The van der Waals surface area contributed by atoms with E-state index in [2.05, 4.69) is 4.74 Å². The Morgan fingerprint density at radius 1 is 1.24 bits per heavy atom. The summed E-state index contributed by atoms with van der Waals surface area (Å²) in [6.07, 6.45) is -5.46. The van der Waals surface area contributed by atoms with Gasteiger partial charge in [-0.05, 0) is 39.3 Å². The molecule has 158 valence electrons. The molecule has 0 spiro atoms. The van der Waals surface area contributed by atoms with Crippen LogP contribution in [0.5, 0.6) is 0 Å². The molecule has 29 heavy (non-hydrogen) atoms. The normalized spacial score (nSPS) is 13.7. The molecule has 0 aliphatic heterocycles. The van der Waals surface area contributed by atoms with Gasteiger partial charge >= 0.3 is 18.1 Å². The zero-order chi connectivity index (χ0) is 22.6. The van der Waals surface area contributed by atoms with E-state index in [1.54, 1.807) is 6.07 Å². The van der Waals surface area contributed by atoms with Crippen LogP contribution in [0.1, 0.15) is 44.2 Å². The van der Waals surface area contributed by atoms with Gasteiger partial charge in [-0.15, -0.1) is 0 Å². The van der Waals surface area contributed by atoms with Gasteiger partial charge in [0.05, 0.1) is 29.6 Å². The van der Waals surface area contributed by atoms with Crippen LogP contribution < -0.4 is 0 Å². The Kier molecular flexibility index (Phi) is 7.32. The Morgan fingerprint density at radius 2 is 1.83 bits per heavy atom. The Hall–Kier alpha value is -3.16. The van der Waals surface area contributed by atoms with E-state index in [0.717, 1.165) is 7.11 Å². The second kappa shape index (κ2) is 8.89. The molecule has 8 nitrogen and oxygen atoms in total. The van der Waals surface area contributed by atoms with Crippen LogP contribution in [0.25, 0.3) is 0 Å². The third kappa shape index (κ3) is 6.44. The number of alkyl halides is 3. The number of methoxy groups -OCH3 is 1. The highest BCUT2D eigenvalue weighted by atomic mass is 19.4. The third-order valence-corrected chi connectivity index (χ3v) is 3.73. The molecule has 0 fully saturated rings. The lowest BCUT2D eigenvalue weighted by molar-refractivity contribution is -0.385. The van der Waals surface area contributed by atoms with Gasteiger partial charge in [-0.25, -0.2) is 0 Å². The molecule has 2 unspecified atom stereocenters. The van der Waals surface area contributed by atoms with Crippen LogP contribution in [0.4, 0.5) is 18.9 Å². The number of esters is 2. The summed E-state index contributed by atoms with van der Waals surface area (Å²) in [5.74, 6) is -5.36. The van der Waals surface area contributed by atoms with E-state index in [4.69, 9.17) is 4.74 Å².